The Labute approximate surface area is 159 Å². The Kier molecular flexibility index (Phi) is 4.38. The first-order valence-electron chi connectivity index (χ1n) is 8.23. The first-order chi connectivity index (χ1) is 13.0. The van der Waals surface area contributed by atoms with E-state index >= 15 is 0 Å². The number of hydrogen-bond acceptors (Lipinski definition) is 3. The second kappa shape index (κ2) is 6.85. The highest BCUT2D eigenvalue weighted by atomic mass is 35.5. The summed E-state index contributed by atoms with van der Waals surface area (Å²) in [4.78, 5) is 16.7. The van der Waals surface area contributed by atoms with Gasteiger partial charge in [0.2, 0.25) is 5.89 Å². The van der Waals surface area contributed by atoms with Gasteiger partial charge in [-0.25, -0.2) is 9.37 Å². The second-order valence-corrected chi connectivity index (χ2v) is 6.54. The Balaban J connectivity index is 1.62. The van der Waals surface area contributed by atoms with E-state index in [2.05, 4.69) is 10.3 Å². The molecule has 4 rings (SSSR count). The molecule has 4 nitrogen and oxygen atoms in total. The lowest BCUT2D eigenvalue weighted by Gasteiger charge is -2.04. The molecule has 3 aromatic carbocycles. The fourth-order valence-electron chi connectivity index (χ4n) is 2.69. The van der Waals surface area contributed by atoms with E-state index in [0.717, 1.165) is 11.1 Å². The van der Waals surface area contributed by atoms with E-state index in [1.807, 2.05) is 19.1 Å². The van der Waals surface area contributed by atoms with Gasteiger partial charge in [-0.2, -0.15) is 0 Å². The van der Waals surface area contributed by atoms with Gasteiger partial charge in [0, 0.05) is 21.8 Å². The highest BCUT2D eigenvalue weighted by Gasteiger charge is 2.12. The number of nitrogens with zero attached hydrogens (tertiary/aromatic N) is 1. The SMILES string of the molecule is Cc1ccc(-c2nc3cc(NC(=O)c4cccc(F)c4)ccc3o2)cc1Cl. The summed E-state index contributed by atoms with van der Waals surface area (Å²) in [5.74, 6) is -0.417. The van der Waals surface area contributed by atoms with E-state index < -0.39 is 11.7 Å². The van der Waals surface area contributed by atoms with Crippen molar-refractivity contribution >= 4 is 34.3 Å². The summed E-state index contributed by atoms with van der Waals surface area (Å²) in [7, 11) is 0. The molecule has 0 unspecified atom stereocenters. The molecule has 0 saturated carbocycles. The maximum Gasteiger partial charge on any atom is 0.255 e. The van der Waals surface area contributed by atoms with Crippen LogP contribution in [0.15, 0.2) is 65.1 Å². The van der Waals surface area contributed by atoms with Crippen molar-refractivity contribution in [3.8, 4) is 11.5 Å². The van der Waals surface area contributed by atoms with Gasteiger partial charge in [-0.05, 0) is 61.0 Å². The van der Waals surface area contributed by atoms with Crippen molar-refractivity contribution in [3.05, 3.63) is 82.6 Å². The van der Waals surface area contributed by atoms with Crippen LogP contribution >= 0.6 is 11.6 Å². The van der Waals surface area contributed by atoms with Gasteiger partial charge in [0.15, 0.2) is 5.58 Å². The summed E-state index contributed by atoms with van der Waals surface area (Å²) in [6, 6.07) is 16.2. The van der Waals surface area contributed by atoms with Gasteiger partial charge in [0.1, 0.15) is 11.3 Å². The molecule has 1 heterocycles. The first-order valence-corrected chi connectivity index (χ1v) is 8.61. The normalized spacial score (nSPS) is 10.9. The maximum absolute atomic E-state index is 13.3. The number of fused-ring (bicyclic) bond motifs is 1. The number of carbonyl (C=O) groups is 1. The zero-order chi connectivity index (χ0) is 19.0. The van der Waals surface area contributed by atoms with Crippen LogP contribution in [0.3, 0.4) is 0 Å². The predicted octanol–water partition coefficient (Wildman–Crippen LogP) is 5.85. The summed E-state index contributed by atoms with van der Waals surface area (Å²) < 4.78 is 19.1. The summed E-state index contributed by atoms with van der Waals surface area (Å²) in [6.45, 7) is 1.92. The number of anilines is 1. The fourth-order valence-corrected chi connectivity index (χ4v) is 2.87. The van der Waals surface area contributed by atoms with E-state index in [9.17, 15) is 9.18 Å². The van der Waals surface area contributed by atoms with E-state index in [-0.39, 0.29) is 5.56 Å². The predicted molar refractivity (Wildman–Crippen MR) is 104 cm³/mol. The molecule has 1 amide bonds. The molecule has 0 atom stereocenters. The molecular formula is C21H14ClFN2O2. The Morgan fingerprint density at radius 1 is 1.11 bits per heavy atom. The lowest BCUT2D eigenvalue weighted by Crippen LogP contribution is -2.11. The number of hydrogen-bond donors (Lipinski definition) is 1. The van der Waals surface area contributed by atoms with Crippen LogP contribution in [0.25, 0.3) is 22.6 Å². The lowest BCUT2D eigenvalue weighted by atomic mass is 10.1. The molecule has 0 radical (unpaired) electrons. The maximum atomic E-state index is 13.3. The molecule has 6 heteroatoms. The summed E-state index contributed by atoms with van der Waals surface area (Å²) >= 11 is 6.17. The number of carbonyl (C=O) groups excluding carboxylic acids is 1. The van der Waals surface area contributed by atoms with E-state index in [0.29, 0.717) is 27.7 Å². The van der Waals surface area contributed by atoms with Crippen molar-refractivity contribution in [2.75, 3.05) is 5.32 Å². The van der Waals surface area contributed by atoms with Gasteiger partial charge in [0.25, 0.3) is 5.91 Å². The third-order valence-electron chi connectivity index (χ3n) is 4.15. The number of benzene rings is 3. The minimum atomic E-state index is -0.462. The van der Waals surface area contributed by atoms with Crippen LogP contribution in [0.4, 0.5) is 10.1 Å². The molecule has 0 spiro atoms. The van der Waals surface area contributed by atoms with Crippen molar-refractivity contribution in [3.63, 3.8) is 0 Å². The van der Waals surface area contributed by atoms with Crippen LogP contribution in [-0.4, -0.2) is 10.9 Å². The largest absolute Gasteiger partial charge is 0.436 e. The third kappa shape index (κ3) is 3.55. The lowest BCUT2D eigenvalue weighted by molar-refractivity contribution is 0.102. The van der Waals surface area contributed by atoms with E-state index in [1.54, 1.807) is 30.3 Å². The Bertz CT molecular complexity index is 1170. The van der Waals surface area contributed by atoms with Gasteiger partial charge in [-0.1, -0.05) is 23.7 Å². The Morgan fingerprint density at radius 3 is 2.74 bits per heavy atom. The van der Waals surface area contributed by atoms with Gasteiger partial charge in [0.05, 0.1) is 0 Å². The molecule has 0 fully saturated rings. The molecule has 1 aromatic heterocycles. The summed E-state index contributed by atoms with van der Waals surface area (Å²) in [6.07, 6.45) is 0. The average Bonchev–Trinajstić information content (AvgIpc) is 3.07. The highest BCUT2D eigenvalue weighted by Crippen LogP contribution is 2.29. The quantitative estimate of drug-likeness (QED) is 0.485. The molecule has 27 heavy (non-hydrogen) atoms. The van der Waals surface area contributed by atoms with Crippen LogP contribution in [0.2, 0.25) is 5.02 Å². The average molecular weight is 381 g/mol. The molecule has 1 N–H and O–H groups in total. The third-order valence-corrected chi connectivity index (χ3v) is 4.56. The monoisotopic (exact) mass is 380 g/mol. The number of aryl methyl sites for hydroxylation is 1. The Morgan fingerprint density at radius 2 is 1.96 bits per heavy atom. The van der Waals surface area contributed by atoms with Crippen molar-refractivity contribution in [1.82, 2.24) is 4.98 Å². The molecule has 0 bridgehead atoms. The van der Waals surface area contributed by atoms with Crippen molar-refractivity contribution in [2.45, 2.75) is 6.92 Å². The van der Waals surface area contributed by atoms with Crippen LogP contribution < -0.4 is 5.32 Å². The van der Waals surface area contributed by atoms with Crippen LogP contribution in [0, 0.1) is 12.7 Å². The molecule has 0 saturated heterocycles. The van der Waals surface area contributed by atoms with Gasteiger partial charge < -0.3 is 9.73 Å². The standard InChI is InChI=1S/C21H14ClFN2O2/c1-12-5-6-14(10-17(12)22)21-25-18-11-16(7-8-19(18)27-21)24-20(26)13-3-2-4-15(23)9-13/h2-11H,1H3,(H,24,26). The van der Waals surface area contributed by atoms with E-state index in [4.69, 9.17) is 16.0 Å². The topological polar surface area (TPSA) is 55.1 Å². The number of aromatic nitrogens is 1. The molecule has 0 aliphatic rings. The first kappa shape index (κ1) is 17.2. The second-order valence-electron chi connectivity index (χ2n) is 6.13. The zero-order valence-corrected chi connectivity index (χ0v) is 15.0. The minimum absolute atomic E-state index is 0.241. The number of halogens is 2. The minimum Gasteiger partial charge on any atom is -0.436 e. The molecule has 4 aromatic rings. The van der Waals surface area contributed by atoms with E-state index in [1.165, 1.54) is 18.2 Å². The number of oxazole rings is 1. The fraction of sp³-hybridized carbons (Fsp3) is 0.0476. The van der Waals surface area contributed by atoms with Crippen molar-refractivity contribution < 1.29 is 13.6 Å². The smallest absolute Gasteiger partial charge is 0.255 e. The van der Waals surface area contributed by atoms with Crippen molar-refractivity contribution in [2.24, 2.45) is 0 Å². The van der Waals surface area contributed by atoms with Gasteiger partial charge in [-0.15, -0.1) is 0 Å². The summed E-state index contributed by atoms with van der Waals surface area (Å²) in [5, 5.41) is 3.37. The highest BCUT2D eigenvalue weighted by molar-refractivity contribution is 6.31. The van der Waals surface area contributed by atoms with Gasteiger partial charge in [-0.3, -0.25) is 4.79 Å². The molecule has 0 aliphatic heterocycles. The van der Waals surface area contributed by atoms with Crippen LogP contribution in [0.5, 0.6) is 0 Å². The van der Waals surface area contributed by atoms with Crippen molar-refractivity contribution in [1.29, 1.82) is 0 Å². The van der Waals surface area contributed by atoms with Crippen LogP contribution in [-0.2, 0) is 0 Å². The number of rotatable bonds is 3. The van der Waals surface area contributed by atoms with Crippen LogP contribution in [0.1, 0.15) is 15.9 Å². The summed E-state index contributed by atoms with van der Waals surface area (Å²) in [5.41, 5.74) is 3.71. The molecule has 134 valence electrons. The molecule has 0 aliphatic carbocycles. The Hall–Kier alpha value is -3.18. The number of nitrogens with one attached hydrogen (secondary N) is 1. The molecular weight excluding hydrogens is 367 g/mol. The number of amides is 1. The van der Waals surface area contributed by atoms with Gasteiger partial charge >= 0.3 is 0 Å². The zero-order valence-electron chi connectivity index (χ0n) is 14.3.